The van der Waals surface area contributed by atoms with Crippen LogP contribution in [0.5, 0.6) is 11.5 Å². The van der Waals surface area contributed by atoms with Crippen LogP contribution in [0.2, 0.25) is 18.1 Å². The second-order valence-electron chi connectivity index (χ2n) is 11.8. The van der Waals surface area contributed by atoms with Gasteiger partial charge >= 0.3 is 0 Å². The van der Waals surface area contributed by atoms with Crippen LogP contribution in [-0.4, -0.2) is 42.3 Å². The number of hydrogen-bond donors (Lipinski definition) is 0. The van der Waals surface area contributed by atoms with Crippen molar-refractivity contribution in [3.05, 3.63) is 82.3 Å². The van der Waals surface area contributed by atoms with Gasteiger partial charge in [0.1, 0.15) is 5.75 Å². The van der Waals surface area contributed by atoms with E-state index in [0.29, 0.717) is 11.9 Å². The fourth-order valence-electron chi connectivity index (χ4n) is 4.60. The number of non-ortho nitro benzene ring substituents is 1. The molecule has 1 aliphatic heterocycles. The standard InChI is InChI=1S/C30H34FN3O4SSi/c1-30(2,3)40(4,5)38-23-13-15-33(19-23)18-20-6-8-21(9-7-20)28-17-25-29(39-28)27(12-14-32-25)37-26-11-10-22(34(35)36)16-24(26)31/h6-12,14,16-17,23H,13,15,18-19H2,1-5H3/t23-/m0/s1. The molecule has 0 N–H and O–H groups in total. The van der Waals surface area contributed by atoms with Gasteiger partial charge in [0.25, 0.3) is 5.69 Å². The molecule has 4 aromatic rings. The molecule has 2 aromatic carbocycles. The maximum atomic E-state index is 14.4. The zero-order valence-corrected chi connectivity index (χ0v) is 25.3. The lowest BCUT2D eigenvalue weighted by molar-refractivity contribution is -0.385. The molecule has 10 heteroatoms. The van der Waals surface area contributed by atoms with E-state index in [4.69, 9.17) is 9.16 Å². The molecule has 0 spiro atoms. The predicted molar refractivity (Wildman–Crippen MR) is 160 cm³/mol. The molecule has 0 aliphatic carbocycles. The normalized spacial score (nSPS) is 16.5. The molecule has 0 bridgehead atoms. The van der Waals surface area contributed by atoms with Gasteiger partial charge in [-0.3, -0.25) is 20.0 Å². The van der Waals surface area contributed by atoms with Gasteiger partial charge in [-0.1, -0.05) is 45.0 Å². The number of likely N-dealkylation sites (tertiary alicyclic amines) is 1. The number of thiophene rings is 1. The second-order valence-corrected chi connectivity index (χ2v) is 17.6. The van der Waals surface area contributed by atoms with E-state index >= 15 is 0 Å². The molecular formula is C30H34FN3O4SSi. The number of nitro groups is 1. The molecule has 1 fully saturated rings. The van der Waals surface area contributed by atoms with Crippen LogP contribution in [0.25, 0.3) is 20.7 Å². The average Bonchev–Trinajstić information content (AvgIpc) is 3.52. The Bertz CT molecular complexity index is 1530. The third-order valence-electron chi connectivity index (χ3n) is 7.86. The lowest BCUT2D eigenvalue weighted by atomic mass is 10.1. The molecule has 1 saturated heterocycles. The van der Waals surface area contributed by atoms with Gasteiger partial charge in [0.2, 0.25) is 0 Å². The Morgan fingerprint density at radius 2 is 1.88 bits per heavy atom. The van der Waals surface area contributed by atoms with Crippen molar-refractivity contribution in [1.82, 2.24) is 9.88 Å². The lowest BCUT2D eigenvalue weighted by Crippen LogP contribution is -2.44. The maximum absolute atomic E-state index is 14.4. The van der Waals surface area contributed by atoms with Crippen LogP contribution in [0.3, 0.4) is 0 Å². The van der Waals surface area contributed by atoms with E-state index in [1.165, 1.54) is 29.0 Å². The highest BCUT2D eigenvalue weighted by Crippen LogP contribution is 2.40. The van der Waals surface area contributed by atoms with Crippen molar-refractivity contribution in [3.63, 3.8) is 0 Å². The Morgan fingerprint density at radius 3 is 2.55 bits per heavy atom. The van der Waals surface area contributed by atoms with Crippen LogP contribution in [0.4, 0.5) is 10.1 Å². The van der Waals surface area contributed by atoms with E-state index in [-0.39, 0.29) is 16.5 Å². The van der Waals surface area contributed by atoms with Crippen molar-refractivity contribution in [1.29, 1.82) is 0 Å². The zero-order valence-electron chi connectivity index (χ0n) is 23.4. The summed E-state index contributed by atoms with van der Waals surface area (Å²) in [6, 6.07) is 15.6. The Morgan fingerprint density at radius 1 is 1.12 bits per heavy atom. The molecule has 40 heavy (non-hydrogen) atoms. The van der Waals surface area contributed by atoms with Crippen LogP contribution in [0.1, 0.15) is 32.8 Å². The first-order chi connectivity index (χ1) is 18.9. The van der Waals surface area contributed by atoms with Crippen LogP contribution < -0.4 is 4.74 Å². The highest BCUT2D eigenvalue weighted by molar-refractivity contribution is 7.22. The summed E-state index contributed by atoms with van der Waals surface area (Å²) < 4.78 is 27.7. The van der Waals surface area contributed by atoms with E-state index in [0.717, 1.165) is 52.8 Å². The average molecular weight is 580 g/mol. The predicted octanol–water partition coefficient (Wildman–Crippen LogP) is 8.40. The lowest BCUT2D eigenvalue weighted by Gasteiger charge is -2.38. The van der Waals surface area contributed by atoms with Gasteiger partial charge in [-0.15, -0.1) is 11.3 Å². The molecule has 0 unspecified atom stereocenters. The first-order valence-electron chi connectivity index (χ1n) is 13.4. The van der Waals surface area contributed by atoms with Gasteiger partial charge < -0.3 is 9.16 Å². The Labute approximate surface area is 238 Å². The molecule has 2 aromatic heterocycles. The third-order valence-corrected chi connectivity index (χ3v) is 13.6. The maximum Gasteiger partial charge on any atom is 0.272 e. The van der Waals surface area contributed by atoms with Crippen LogP contribution >= 0.6 is 11.3 Å². The SMILES string of the molecule is CC(C)(C)[Si](C)(C)O[C@H]1CCN(Cc2ccc(-c3cc4nccc(Oc5ccc([N+](=O)[O-])cc5F)c4s3)cc2)C1. The minimum absolute atomic E-state index is 0.0729. The van der Waals surface area contributed by atoms with Gasteiger partial charge in [0.15, 0.2) is 19.9 Å². The van der Waals surface area contributed by atoms with Crippen LogP contribution in [0, 0.1) is 15.9 Å². The third kappa shape index (κ3) is 6.10. The smallest absolute Gasteiger partial charge is 0.272 e. The Kier molecular flexibility index (Phi) is 7.80. The zero-order chi connectivity index (χ0) is 28.7. The number of fused-ring (bicyclic) bond motifs is 1. The summed E-state index contributed by atoms with van der Waals surface area (Å²) >= 11 is 1.52. The van der Waals surface area contributed by atoms with Crippen molar-refractivity contribution in [2.24, 2.45) is 0 Å². The molecule has 1 atom stereocenters. The number of aromatic nitrogens is 1. The van der Waals surface area contributed by atoms with Gasteiger partial charge in [-0.25, -0.2) is 4.39 Å². The van der Waals surface area contributed by atoms with Crippen LogP contribution in [0.15, 0.2) is 60.8 Å². The number of nitrogens with zero attached hydrogens (tertiary/aromatic N) is 3. The summed E-state index contributed by atoms with van der Waals surface area (Å²) in [5.74, 6) is -0.409. The quantitative estimate of drug-likeness (QED) is 0.118. The van der Waals surface area contributed by atoms with Gasteiger partial charge in [0, 0.05) is 42.8 Å². The van der Waals surface area contributed by atoms with E-state index < -0.39 is 19.1 Å². The van der Waals surface area contributed by atoms with E-state index in [1.807, 2.05) is 6.07 Å². The summed E-state index contributed by atoms with van der Waals surface area (Å²) in [6.45, 7) is 14.4. The van der Waals surface area contributed by atoms with Crippen molar-refractivity contribution in [3.8, 4) is 21.9 Å². The first-order valence-corrected chi connectivity index (χ1v) is 17.1. The fraction of sp³-hybridized carbons (Fsp3) is 0.367. The highest BCUT2D eigenvalue weighted by atomic mass is 32.1. The molecule has 5 rings (SSSR count). The number of hydrogen-bond acceptors (Lipinski definition) is 7. The number of pyridine rings is 1. The summed E-state index contributed by atoms with van der Waals surface area (Å²) in [4.78, 5) is 18.2. The largest absolute Gasteiger partial charge is 0.453 e. The molecule has 1 aliphatic rings. The number of rotatable bonds is 8. The van der Waals surface area contributed by atoms with Crippen molar-refractivity contribution < 1.29 is 18.5 Å². The fourth-order valence-corrected chi connectivity index (χ4v) is 7.06. The van der Waals surface area contributed by atoms with Crippen molar-refractivity contribution in [2.75, 3.05) is 13.1 Å². The summed E-state index contributed by atoms with van der Waals surface area (Å²) in [6.07, 6.45) is 2.99. The van der Waals surface area contributed by atoms with Gasteiger partial charge in [-0.05, 0) is 47.8 Å². The molecular weight excluding hydrogens is 545 g/mol. The molecule has 7 nitrogen and oxygen atoms in total. The Balaban J connectivity index is 1.26. The summed E-state index contributed by atoms with van der Waals surface area (Å²) in [5, 5.41) is 11.1. The van der Waals surface area contributed by atoms with Crippen molar-refractivity contribution >= 4 is 35.6 Å². The van der Waals surface area contributed by atoms with E-state index in [9.17, 15) is 14.5 Å². The number of ether oxygens (including phenoxy) is 1. The van der Waals surface area contributed by atoms with Gasteiger partial charge in [-0.2, -0.15) is 0 Å². The number of benzene rings is 2. The first kappa shape index (κ1) is 28.3. The molecule has 0 amide bonds. The minimum Gasteiger partial charge on any atom is -0.453 e. The van der Waals surface area contributed by atoms with Crippen LogP contribution in [-0.2, 0) is 11.0 Å². The van der Waals surface area contributed by atoms with Gasteiger partial charge in [0.05, 0.1) is 27.3 Å². The van der Waals surface area contributed by atoms with E-state index in [2.05, 4.69) is 68.0 Å². The molecule has 0 radical (unpaired) electrons. The monoisotopic (exact) mass is 579 g/mol. The molecule has 3 heterocycles. The van der Waals surface area contributed by atoms with E-state index in [1.54, 1.807) is 12.3 Å². The molecule has 210 valence electrons. The number of halogens is 1. The number of nitro benzene ring substituents is 1. The summed E-state index contributed by atoms with van der Waals surface area (Å²) in [7, 11) is -1.77. The minimum atomic E-state index is -1.77. The Hall–Kier alpha value is -3.18. The van der Waals surface area contributed by atoms with Crippen molar-refractivity contribution in [2.45, 2.75) is 58.0 Å². The summed E-state index contributed by atoms with van der Waals surface area (Å²) in [5.41, 5.74) is 2.75. The molecule has 0 saturated carbocycles. The highest BCUT2D eigenvalue weighted by Gasteiger charge is 2.40. The second kappa shape index (κ2) is 11.0. The topological polar surface area (TPSA) is 77.7 Å².